The van der Waals surface area contributed by atoms with E-state index < -0.39 is 0 Å². The first-order valence-corrected chi connectivity index (χ1v) is 6.20. The van der Waals surface area contributed by atoms with Crippen LogP contribution in [0.15, 0.2) is 48.5 Å². The summed E-state index contributed by atoms with van der Waals surface area (Å²) in [6, 6.07) is 15.5. The van der Waals surface area contributed by atoms with Crippen molar-refractivity contribution in [2.45, 2.75) is 12.3 Å². The van der Waals surface area contributed by atoms with E-state index in [4.69, 9.17) is 22.8 Å². The highest BCUT2D eigenvalue weighted by molar-refractivity contribution is 6.17. The molecule has 2 rings (SSSR count). The van der Waals surface area contributed by atoms with E-state index >= 15 is 0 Å². The fourth-order valence-corrected chi connectivity index (χ4v) is 1.75. The van der Waals surface area contributed by atoms with E-state index in [0.717, 1.165) is 22.6 Å². The fourth-order valence-electron chi connectivity index (χ4n) is 1.58. The maximum absolute atomic E-state index is 5.73. The second kappa shape index (κ2) is 6.14. The average Bonchev–Trinajstić information content (AvgIpc) is 2.42. The molecule has 2 heteroatoms. The highest BCUT2D eigenvalue weighted by atomic mass is 35.5. The van der Waals surface area contributed by atoms with Crippen LogP contribution in [0.3, 0.4) is 0 Å². The van der Waals surface area contributed by atoms with Crippen molar-refractivity contribution in [2.75, 3.05) is 0 Å². The van der Waals surface area contributed by atoms with Crippen molar-refractivity contribution in [3.63, 3.8) is 0 Å². The van der Waals surface area contributed by atoms with Crippen LogP contribution in [-0.4, -0.2) is 0 Å². The second-order valence-corrected chi connectivity index (χ2v) is 4.17. The Morgan fingerprint density at radius 2 is 1.39 bits per heavy atom. The van der Waals surface area contributed by atoms with Crippen LogP contribution in [0, 0.1) is 12.3 Å². The zero-order chi connectivity index (χ0) is 12.8. The Bertz CT molecular complexity index is 535. The van der Waals surface area contributed by atoms with Crippen LogP contribution in [0.4, 0.5) is 0 Å². The van der Waals surface area contributed by atoms with Crippen molar-refractivity contribution in [1.29, 1.82) is 0 Å². The molecule has 0 radical (unpaired) electrons. The van der Waals surface area contributed by atoms with E-state index in [9.17, 15) is 0 Å². The minimum absolute atomic E-state index is 0.515. The van der Waals surface area contributed by atoms with Gasteiger partial charge in [-0.3, -0.25) is 0 Å². The molecule has 0 bridgehead atoms. The first kappa shape index (κ1) is 12.5. The standard InChI is InChI=1S/C16H13ClO/c1-2-3-13-4-8-15(9-5-13)18-16-10-6-14(12-17)7-11-16/h1,4-11H,3,12H2. The maximum Gasteiger partial charge on any atom is 0.127 e. The molecule has 0 aliphatic heterocycles. The number of rotatable bonds is 4. The van der Waals surface area contributed by atoms with Crippen LogP contribution in [0.2, 0.25) is 0 Å². The van der Waals surface area contributed by atoms with Crippen molar-refractivity contribution < 1.29 is 4.74 Å². The molecule has 0 aliphatic rings. The Kier molecular flexibility index (Phi) is 4.28. The Morgan fingerprint density at radius 1 is 0.889 bits per heavy atom. The highest BCUT2D eigenvalue weighted by Crippen LogP contribution is 2.22. The topological polar surface area (TPSA) is 9.23 Å². The maximum atomic E-state index is 5.73. The van der Waals surface area contributed by atoms with Gasteiger partial charge in [-0.05, 0) is 35.4 Å². The largest absolute Gasteiger partial charge is 0.457 e. The van der Waals surface area contributed by atoms with E-state index in [0.29, 0.717) is 12.3 Å². The van der Waals surface area contributed by atoms with Gasteiger partial charge in [0.05, 0.1) is 0 Å². The molecule has 0 atom stereocenters. The van der Waals surface area contributed by atoms with Gasteiger partial charge in [0.2, 0.25) is 0 Å². The lowest BCUT2D eigenvalue weighted by Gasteiger charge is -2.06. The summed E-state index contributed by atoms with van der Waals surface area (Å²) in [6.07, 6.45) is 5.90. The Balaban J connectivity index is 2.06. The summed E-state index contributed by atoms with van der Waals surface area (Å²) < 4.78 is 5.72. The van der Waals surface area contributed by atoms with Gasteiger partial charge < -0.3 is 4.74 Å². The van der Waals surface area contributed by atoms with Crippen molar-refractivity contribution in [1.82, 2.24) is 0 Å². The molecule has 0 saturated heterocycles. The predicted molar refractivity (Wildman–Crippen MR) is 75.1 cm³/mol. The van der Waals surface area contributed by atoms with Crippen LogP contribution < -0.4 is 4.74 Å². The molecule has 0 aromatic heterocycles. The summed E-state index contributed by atoms with van der Waals surface area (Å²) in [7, 11) is 0. The molecular formula is C16H13ClO. The summed E-state index contributed by atoms with van der Waals surface area (Å²) >= 11 is 5.73. The monoisotopic (exact) mass is 256 g/mol. The van der Waals surface area contributed by atoms with E-state index in [-0.39, 0.29) is 0 Å². The molecule has 90 valence electrons. The molecular weight excluding hydrogens is 244 g/mol. The zero-order valence-corrected chi connectivity index (χ0v) is 10.7. The zero-order valence-electron chi connectivity index (χ0n) is 9.90. The van der Waals surface area contributed by atoms with Gasteiger partial charge in [0.15, 0.2) is 0 Å². The molecule has 0 N–H and O–H groups in total. The third-order valence-electron chi connectivity index (χ3n) is 2.54. The van der Waals surface area contributed by atoms with Gasteiger partial charge in [0.25, 0.3) is 0 Å². The van der Waals surface area contributed by atoms with Gasteiger partial charge in [-0.25, -0.2) is 0 Å². The van der Waals surface area contributed by atoms with Crippen molar-refractivity contribution in [2.24, 2.45) is 0 Å². The molecule has 0 spiro atoms. The Morgan fingerprint density at radius 3 is 1.83 bits per heavy atom. The number of hydrogen-bond acceptors (Lipinski definition) is 1. The molecule has 0 fully saturated rings. The minimum Gasteiger partial charge on any atom is -0.457 e. The number of alkyl halides is 1. The minimum atomic E-state index is 0.515. The van der Waals surface area contributed by atoms with Crippen molar-refractivity contribution >= 4 is 11.6 Å². The number of terminal acetylenes is 1. The van der Waals surface area contributed by atoms with Crippen LogP contribution in [-0.2, 0) is 12.3 Å². The molecule has 2 aromatic carbocycles. The van der Waals surface area contributed by atoms with E-state index in [1.165, 1.54) is 0 Å². The fraction of sp³-hybridized carbons (Fsp3) is 0.125. The molecule has 0 unspecified atom stereocenters. The smallest absolute Gasteiger partial charge is 0.127 e. The van der Waals surface area contributed by atoms with Gasteiger partial charge in [-0.1, -0.05) is 24.3 Å². The molecule has 18 heavy (non-hydrogen) atoms. The lowest BCUT2D eigenvalue weighted by molar-refractivity contribution is 0.482. The van der Waals surface area contributed by atoms with Gasteiger partial charge in [-0.15, -0.1) is 23.9 Å². The average molecular weight is 257 g/mol. The van der Waals surface area contributed by atoms with Gasteiger partial charge >= 0.3 is 0 Å². The highest BCUT2D eigenvalue weighted by Gasteiger charge is 1.98. The third-order valence-corrected chi connectivity index (χ3v) is 2.85. The van der Waals surface area contributed by atoms with Gasteiger partial charge in [-0.2, -0.15) is 0 Å². The summed E-state index contributed by atoms with van der Waals surface area (Å²) in [5, 5.41) is 0. The van der Waals surface area contributed by atoms with E-state index in [2.05, 4.69) is 5.92 Å². The SMILES string of the molecule is C#CCc1ccc(Oc2ccc(CCl)cc2)cc1. The number of benzene rings is 2. The van der Waals surface area contributed by atoms with Crippen LogP contribution in [0.5, 0.6) is 11.5 Å². The first-order chi connectivity index (χ1) is 8.81. The summed E-state index contributed by atoms with van der Waals surface area (Å²) in [6.45, 7) is 0. The molecule has 0 aliphatic carbocycles. The quantitative estimate of drug-likeness (QED) is 0.582. The van der Waals surface area contributed by atoms with E-state index in [1.807, 2.05) is 48.5 Å². The summed E-state index contributed by atoms with van der Waals surface area (Å²) in [4.78, 5) is 0. The van der Waals surface area contributed by atoms with Crippen LogP contribution in [0.1, 0.15) is 11.1 Å². The summed E-state index contributed by atoms with van der Waals surface area (Å²) in [5.41, 5.74) is 2.19. The van der Waals surface area contributed by atoms with Crippen molar-refractivity contribution in [3.05, 3.63) is 59.7 Å². The lowest BCUT2D eigenvalue weighted by Crippen LogP contribution is -1.86. The molecule has 0 heterocycles. The molecule has 1 nitrogen and oxygen atoms in total. The molecule has 2 aromatic rings. The Labute approximate surface area is 112 Å². The lowest BCUT2D eigenvalue weighted by atomic mass is 10.1. The summed E-state index contributed by atoms with van der Waals surface area (Å²) in [5.74, 6) is 4.73. The number of hydrogen-bond donors (Lipinski definition) is 0. The first-order valence-electron chi connectivity index (χ1n) is 5.67. The number of halogens is 1. The van der Waals surface area contributed by atoms with Crippen molar-refractivity contribution in [3.8, 4) is 23.8 Å². The Hall–Kier alpha value is -1.91. The molecule has 0 saturated carbocycles. The van der Waals surface area contributed by atoms with Gasteiger partial charge in [0.1, 0.15) is 11.5 Å². The van der Waals surface area contributed by atoms with Crippen LogP contribution in [0.25, 0.3) is 0 Å². The second-order valence-electron chi connectivity index (χ2n) is 3.90. The van der Waals surface area contributed by atoms with E-state index in [1.54, 1.807) is 0 Å². The normalized spacial score (nSPS) is 9.78. The van der Waals surface area contributed by atoms with Crippen LogP contribution >= 0.6 is 11.6 Å². The predicted octanol–water partition coefficient (Wildman–Crippen LogP) is 4.39. The molecule has 0 amide bonds. The number of ether oxygens (including phenoxy) is 1. The third kappa shape index (κ3) is 3.29. The van der Waals surface area contributed by atoms with Gasteiger partial charge in [0, 0.05) is 12.3 Å².